The number of nitrogens with zero attached hydrogens (tertiary/aromatic N) is 1. The van der Waals surface area contributed by atoms with Crippen LogP contribution in [0.15, 0.2) is 0 Å². The predicted octanol–water partition coefficient (Wildman–Crippen LogP) is 0.665. The van der Waals surface area contributed by atoms with Crippen molar-refractivity contribution >= 4 is 8.56 Å². The fourth-order valence-electron chi connectivity index (χ4n) is 1.24. The van der Waals surface area contributed by atoms with E-state index in [1.165, 1.54) is 0 Å². The fourth-order valence-corrected chi connectivity index (χ4v) is 2.62. The van der Waals surface area contributed by atoms with E-state index < -0.39 is 8.56 Å². The molecule has 0 radical (unpaired) electrons. The summed E-state index contributed by atoms with van der Waals surface area (Å²) in [6.45, 7) is 4.01. The molecule has 0 saturated heterocycles. The van der Waals surface area contributed by atoms with E-state index in [2.05, 4.69) is 11.4 Å². The van der Waals surface area contributed by atoms with Gasteiger partial charge in [0.15, 0.2) is 0 Å². The van der Waals surface area contributed by atoms with Crippen molar-refractivity contribution < 1.29 is 14.0 Å². The molecule has 0 atom stereocenters. The second-order valence-corrected chi connectivity index (χ2v) is 7.26. The Morgan fingerprint density at radius 1 is 1.21 bits per heavy atom. The van der Waals surface area contributed by atoms with E-state index in [1.807, 2.05) is 7.05 Å². The zero-order chi connectivity index (χ0) is 11.0. The molecule has 0 aromatic carbocycles. The van der Waals surface area contributed by atoms with Gasteiger partial charge in [-0.1, -0.05) is 0 Å². The van der Waals surface area contributed by atoms with Crippen molar-refractivity contribution in [3.05, 3.63) is 0 Å². The maximum Gasteiger partial charge on any atom is 0.334 e. The number of rotatable bonds is 8. The Labute approximate surface area is 88.1 Å². The molecule has 5 heteroatoms. The summed E-state index contributed by atoms with van der Waals surface area (Å²) in [6.07, 6.45) is 1.06. The summed E-state index contributed by atoms with van der Waals surface area (Å²) in [6, 6.07) is 0.996. The first-order valence-corrected chi connectivity index (χ1v) is 7.50. The molecular formula is C9H23NO3Si. The molecule has 4 nitrogen and oxygen atoms in total. The molecule has 0 aliphatic rings. The van der Waals surface area contributed by atoms with E-state index in [0.29, 0.717) is 0 Å². The first-order valence-electron chi connectivity index (χ1n) is 4.97. The SMILES string of the molecule is CO[Si](C)(CCCN(C)CCO)OC. The summed E-state index contributed by atoms with van der Waals surface area (Å²) >= 11 is 0. The van der Waals surface area contributed by atoms with Crippen molar-refractivity contribution in [2.75, 3.05) is 41.0 Å². The molecule has 0 rings (SSSR count). The van der Waals surface area contributed by atoms with Crippen LogP contribution in [0.3, 0.4) is 0 Å². The second-order valence-electron chi connectivity index (χ2n) is 3.67. The van der Waals surface area contributed by atoms with Gasteiger partial charge in [-0.15, -0.1) is 0 Å². The molecule has 0 aliphatic carbocycles. The van der Waals surface area contributed by atoms with Crippen LogP contribution in [-0.4, -0.2) is 59.5 Å². The van der Waals surface area contributed by atoms with Crippen LogP contribution in [-0.2, 0) is 8.85 Å². The average Bonchev–Trinajstić information content (AvgIpc) is 2.18. The van der Waals surface area contributed by atoms with Crippen LogP contribution in [0.25, 0.3) is 0 Å². The van der Waals surface area contributed by atoms with E-state index in [9.17, 15) is 0 Å². The van der Waals surface area contributed by atoms with Gasteiger partial charge in [0.25, 0.3) is 0 Å². The minimum atomic E-state index is -1.88. The number of hydrogen-bond acceptors (Lipinski definition) is 4. The highest BCUT2D eigenvalue weighted by atomic mass is 28.4. The van der Waals surface area contributed by atoms with Crippen molar-refractivity contribution in [3.8, 4) is 0 Å². The Kier molecular flexibility index (Phi) is 7.39. The molecule has 1 N–H and O–H groups in total. The van der Waals surface area contributed by atoms with Crippen molar-refractivity contribution in [3.63, 3.8) is 0 Å². The third-order valence-electron chi connectivity index (χ3n) is 2.52. The minimum Gasteiger partial charge on any atom is -0.398 e. The van der Waals surface area contributed by atoms with Gasteiger partial charge in [-0.25, -0.2) is 0 Å². The second kappa shape index (κ2) is 7.36. The van der Waals surface area contributed by atoms with Crippen molar-refractivity contribution in [2.24, 2.45) is 0 Å². The molecule has 0 aromatic rings. The van der Waals surface area contributed by atoms with Crippen molar-refractivity contribution in [1.29, 1.82) is 0 Å². The quantitative estimate of drug-likeness (QED) is 0.612. The largest absolute Gasteiger partial charge is 0.398 e. The summed E-state index contributed by atoms with van der Waals surface area (Å²) in [5.74, 6) is 0. The van der Waals surface area contributed by atoms with Crippen molar-refractivity contribution in [2.45, 2.75) is 19.0 Å². The number of aliphatic hydroxyl groups is 1. The Balaban J connectivity index is 3.61. The predicted molar refractivity (Wildman–Crippen MR) is 59.6 cm³/mol. The molecule has 0 bridgehead atoms. The lowest BCUT2D eigenvalue weighted by Gasteiger charge is -2.23. The van der Waals surface area contributed by atoms with Gasteiger partial charge in [-0.05, 0) is 32.6 Å². The summed E-state index contributed by atoms with van der Waals surface area (Å²) in [7, 11) is 3.56. The number of aliphatic hydroxyl groups excluding tert-OH is 1. The Hall–Kier alpha value is 0.0569. The van der Waals surface area contributed by atoms with E-state index in [0.717, 1.165) is 25.6 Å². The minimum absolute atomic E-state index is 0.222. The average molecular weight is 221 g/mol. The molecule has 0 amide bonds. The summed E-state index contributed by atoms with van der Waals surface area (Å²) < 4.78 is 10.8. The first-order chi connectivity index (χ1) is 6.58. The molecule has 0 saturated carbocycles. The lowest BCUT2D eigenvalue weighted by Crippen LogP contribution is -2.37. The molecule has 0 aliphatic heterocycles. The molecule has 0 spiro atoms. The van der Waals surface area contributed by atoms with Gasteiger partial charge in [-0.2, -0.15) is 0 Å². The van der Waals surface area contributed by atoms with E-state index in [4.69, 9.17) is 14.0 Å². The van der Waals surface area contributed by atoms with Gasteiger partial charge in [0.05, 0.1) is 6.61 Å². The van der Waals surface area contributed by atoms with Gasteiger partial charge in [0.1, 0.15) is 0 Å². The smallest absolute Gasteiger partial charge is 0.334 e. The van der Waals surface area contributed by atoms with Gasteiger partial charge >= 0.3 is 8.56 Å². The van der Waals surface area contributed by atoms with Crippen LogP contribution < -0.4 is 0 Å². The summed E-state index contributed by atoms with van der Waals surface area (Å²) in [5.41, 5.74) is 0. The highest BCUT2D eigenvalue weighted by Gasteiger charge is 2.27. The number of likely N-dealkylation sites (N-methyl/N-ethyl adjacent to an activating group) is 1. The highest BCUT2D eigenvalue weighted by molar-refractivity contribution is 6.65. The molecular weight excluding hydrogens is 198 g/mol. The lowest BCUT2D eigenvalue weighted by molar-refractivity contribution is 0.216. The van der Waals surface area contributed by atoms with E-state index >= 15 is 0 Å². The molecule has 0 unspecified atom stereocenters. The topological polar surface area (TPSA) is 41.9 Å². The van der Waals surface area contributed by atoms with E-state index in [1.54, 1.807) is 14.2 Å². The fraction of sp³-hybridized carbons (Fsp3) is 1.00. The Morgan fingerprint density at radius 3 is 2.21 bits per heavy atom. The summed E-state index contributed by atoms with van der Waals surface area (Å²) in [4.78, 5) is 2.11. The number of hydrogen-bond donors (Lipinski definition) is 1. The highest BCUT2D eigenvalue weighted by Crippen LogP contribution is 2.13. The van der Waals surface area contributed by atoms with Gasteiger partial charge in [0, 0.05) is 20.8 Å². The van der Waals surface area contributed by atoms with Crippen LogP contribution in [0.2, 0.25) is 12.6 Å². The van der Waals surface area contributed by atoms with Crippen LogP contribution in [0.1, 0.15) is 6.42 Å². The zero-order valence-electron chi connectivity index (χ0n) is 9.75. The van der Waals surface area contributed by atoms with Crippen LogP contribution in [0, 0.1) is 0 Å². The van der Waals surface area contributed by atoms with Crippen LogP contribution in [0.5, 0.6) is 0 Å². The molecule has 0 aromatic heterocycles. The van der Waals surface area contributed by atoms with Gasteiger partial charge < -0.3 is 18.9 Å². The van der Waals surface area contributed by atoms with E-state index in [-0.39, 0.29) is 6.61 Å². The third kappa shape index (κ3) is 5.72. The Morgan fingerprint density at radius 2 is 1.79 bits per heavy atom. The standard InChI is InChI=1S/C9H23NO3Si/c1-10(7-8-11)6-5-9-14(4,12-2)13-3/h11H,5-9H2,1-4H3. The molecule has 86 valence electrons. The molecule has 14 heavy (non-hydrogen) atoms. The maximum absolute atomic E-state index is 8.71. The van der Waals surface area contributed by atoms with Gasteiger partial charge in [-0.3, -0.25) is 0 Å². The normalized spacial score (nSPS) is 12.4. The van der Waals surface area contributed by atoms with Crippen molar-refractivity contribution in [1.82, 2.24) is 4.90 Å². The summed E-state index contributed by atoms with van der Waals surface area (Å²) in [5, 5.41) is 8.71. The maximum atomic E-state index is 8.71. The van der Waals surface area contributed by atoms with Gasteiger partial charge in [0.2, 0.25) is 0 Å². The third-order valence-corrected chi connectivity index (χ3v) is 5.51. The van der Waals surface area contributed by atoms with Crippen LogP contribution in [0.4, 0.5) is 0 Å². The monoisotopic (exact) mass is 221 g/mol. The first kappa shape index (κ1) is 14.1. The zero-order valence-corrected chi connectivity index (χ0v) is 10.7. The lowest BCUT2D eigenvalue weighted by atomic mass is 10.4. The Bertz CT molecular complexity index is 142. The molecule has 0 heterocycles. The molecule has 0 fully saturated rings. The van der Waals surface area contributed by atoms with Crippen LogP contribution >= 0.6 is 0 Å².